The van der Waals surface area contributed by atoms with Crippen molar-refractivity contribution in [2.45, 2.75) is 6.42 Å². The first kappa shape index (κ1) is 30.4. The zero-order valence-electron chi connectivity index (χ0n) is 9.60. The van der Waals surface area contributed by atoms with Crippen LogP contribution in [0.4, 0.5) is 4.79 Å². The summed E-state index contributed by atoms with van der Waals surface area (Å²) in [7, 11) is 1.07. The Morgan fingerprint density at radius 3 is 1.81 bits per heavy atom. The van der Waals surface area contributed by atoms with Gasteiger partial charge in [0.05, 0.1) is 7.11 Å². The van der Waals surface area contributed by atoms with Crippen LogP contribution in [-0.2, 0) is 24.1 Å². The van der Waals surface area contributed by atoms with E-state index in [9.17, 15) is 14.4 Å². The largest absolute Gasteiger partial charge is 0.513 e. The molecule has 0 aliphatic rings. The molecule has 0 fully saturated rings. The van der Waals surface area contributed by atoms with Gasteiger partial charge in [-0.2, -0.15) is 4.89 Å². The normalized spacial score (nSPS) is 6.56. The Kier molecular flexibility index (Phi) is 35.5. The van der Waals surface area contributed by atoms with Gasteiger partial charge in [-0.15, -0.1) is 0 Å². The SMILES string of the molecule is COOC(=O)CC(=O)OC(=O)O.O.[Na].[Na].[Na]. The van der Waals surface area contributed by atoms with Gasteiger partial charge >= 0.3 is 18.1 Å². The predicted octanol–water partition coefficient (Wildman–Crippen LogP) is -2.26. The minimum absolute atomic E-state index is 0. The summed E-state index contributed by atoms with van der Waals surface area (Å²) >= 11 is 0. The summed E-state index contributed by atoms with van der Waals surface area (Å²) in [5.41, 5.74) is 0. The molecule has 0 rings (SSSR count). The molecule has 3 radical (unpaired) electrons. The predicted molar refractivity (Wildman–Crippen MR) is 52.7 cm³/mol. The minimum Gasteiger partial charge on any atom is -0.449 e. The molecule has 16 heavy (non-hydrogen) atoms. The van der Waals surface area contributed by atoms with E-state index >= 15 is 0 Å². The number of ether oxygens (including phenoxy) is 1. The molecule has 0 atom stereocenters. The third-order valence-corrected chi connectivity index (χ3v) is 0.666. The van der Waals surface area contributed by atoms with Crippen LogP contribution in [-0.4, -0.2) is 124 Å². The summed E-state index contributed by atoms with van der Waals surface area (Å²) in [5, 5.41) is 7.90. The zero-order chi connectivity index (χ0) is 9.56. The van der Waals surface area contributed by atoms with Gasteiger partial charge in [-0.3, -0.25) is 9.68 Å². The maximum atomic E-state index is 10.4. The standard InChI is InChI=1S/C5H6O7.3Na.H2O/c1-10-12-4(7)2-3(6)11-5(8)9;;;;/h2H2,1H3,(H,8,9);;;;1H2. The van der Waals surface area contributed by atoms with Crippen LogP contribution >= 0.6 is 0 Å². The molecule has 3 N–H and O–H groups in total. The maximum Gasteiger partial charge on any atom is 0.513 e. The number of hydrogen-bond donors (Lipinski definition) is 1. The van der Waals surface area contributed by atoms with Crippen molar-refractivity contribution in [2.75, 3.05) is 7.11 Å². The zero-order valence-corrected chi connectivity index (χ0v) is 15.6. The van der Waals surface area contributed by atoms with Crippen LogP contribution in [0.5, 0.6) is 0 Å². The minimum atomic E-state index is -1.77. The molecular weight excluding hydrogens is 257 g/mol. The summed E-state index contributed by atoms with van der Waals surface area (Å²) in [6, 6.07) is 0. The van der Waals surface area contributed by atoms with E-state index in [1.807, 2.05) is 0 Å². The molecule has 0 bridgehead atoms. The van der Waals surface area contributed by atoms with Crippen molar-refractivity contribution in [1.29, 1.82) is 0 Å². The second-order valence-corrected chi connectivity index (χ2v) is 1.54. The van der Waals surface area contributed by atoms with Crippen LogP contribution in [0.1, 0.15) is 6.42 Å². The van der Waals surface area contributed by atoms with Crippen LogP contribution < -0.4 is 0 Å². The van der Waals surface area contributed by atoms with Crippen LogP contribution in [0.15, 0.2) is 0 Å². The summed E-state index contributed by atoms with van der Waals surface area (Å²) in [6.07, 6.45) is -2.58. The molecule has 0 aromatic heterocycles. The molecule has 0 spiro atoms. The molecule has 0 aliphatic heterocycles. The van der Waals surface area contributed by atoms with E-state index in [2.05, 4.69) is 14.5 Å². The van der Waals surface area contributed by atoms with E-state index in [4.69, 9.17) is 5.11 Å². The Morgan fingerprint density at radius 1 is 1.06 bits per heavy atom. The molecule has 0 aromatic carbocycles. The Morgan fingerprint density at radius 2 is 1.50 bits per heavy atom. The van der Waals surface area contributed by atoms with E-state index in [0.717, 1.165) is 7.11 Å². The first-order chi connectivity index (χ1) is 5.56. The number of carbonyl (C=O) groups is 3. The summed E-state index contributed by atoms with van der Waals surface area (Å²) in [6.45, 7) is 0. The first-order valence-electron chi connectivity index (χ1n) is 2.73. The van der Waals surface area contributed by atoms with Crippen molar-refractivity contribution in [3.05, 3.63) is 0 Å². The van der Waals surface area contributed by atoms with Gasteiger partial charge in [0.15, 0.2) is 0 Å². The second kappa shape index (κ2) is 18.7. The monoisotopic (exact) mass is 265 g/mol. The molecule has 0 unspecified atom stereocenters. The van der Waals surface area contributed by atoms with Crippen molar-refractivity contribution in [2.24, 2.45) is 0 Å². The number of carbonyl (C=O) groups excluding carboxylic acids is 2. The number of esters is 1. The molecular formula is C5H8Na3O8. The number of rotatable bonds is 3. The van der Waals surface area contributed by atoms with Gasteiger partial charge in [0, 0.05) is 88.7 Å². The molecule has 0 saturated carbocycles. The quantitative estimate of drug-likeness (QED) is 0.200. The van der Waals surface area contributed by atoms with Crippen molar-refractivity contribution < 1.29 is 39.5 Å². The van der Waals surface area contributed by atoms with Gasteiger partial charge in [0.25, 0.3) is 0 Å². The van der Waals surface area contributed by atoms with E-state index in [1.54, 1.807) is 0 Å². The van der Waals surface area contributed by atoms with Gasteiger partial charge in [-0.1, -0.05) is 0 Å². The molecule has 0 aromatic rings. The van der Waals surface area contributed by atoms with E-state index in [0.29, 0.717) is 0 Å². The summed E-state index contributed by atoms with van der Waals surface area (Å²) in [5.74, 6) is -2.24. The fourth-order valence-electron chi connectivity index (χ4n) is 0.374. The first-order valence-corrected chi connectivity index (χ1v) is 2.73. The molecule has 0 saturated heterocycles. The Hall–Kier alpha value is 1.33. The summed E-state index contributed by atoms with van der Waals surface area (Å²) in [4.78, 5) is 38.3. The van der Waals surface area contributed by atoms with Crippen molar-refractivity contribution in [1.82, 2.24) is 0 Å². The maximum absolute atomic E-state index is 10.4. The van der Waals surface area contributed by atoms with Crippen molar-refractivity contribution in [3.63, 3.8) is 0 Å². The van der Waals surface area contributed by atoms with Crippen LogP contribution in [0, 0.1) is 0 Å². The van der Waals surface area contributed by atoms with E-state index in [1.165, 1.54) is 0 Å². The molecule has 11 heteroatoms. The number of carboxylic acid groups (broad SMARTS) is 1. The molecule has 8 nitrogen and oxygen atoms in total. The molecule has 0 amide bonds. The third-order valence-electron chi connectivity index (χ3n) is 0.666. The fraction of sp³-hybridized carbons (Fsp3) is 0.400. The van der Waals surface area contributed by atoms with Crippen LogP contribution in [0.3, 0.4) is 0 Å². The van der Waals surface area contributed by atoms with Crippen LogP contribution in [0.2, 0.25) is 0 Å². The third kappa shape index (κ3) is 20.7. The van der Waals surface area contributed by atoms with Crippen molar-refractivity contribution in [3.8, 4) is 0 Å². The molecule has 0 heterocycles. The Labute approximate surface area is 157 Å². The number of hydrogen-bond acceptors (Lipinski definition) is 6. The Bertz CT molecular complexity index is 208. The van der Waals surface area contributed by atoms with E-state index < -0.39 is 24.5 Å². The Balaban J connectivity index is -0.000000101. The average Bonchev–Trinajstić information content (AvgIpc) is 1.84. The van der Waals surface area contributed by atoms with Gasteiger partial charge in [-0.25, -0.2) is 9.59 Å². The van der Waals surface area contributed by atoms with Gasteiger partial charge in [0.2, 0.25) is 0 Å². The molecule has 0 aliphatic carbocycles. The van der Waals surface area contributed by atoms with Crippen molar-refractivity contribution >= 4 is 107 Å². The average molecular weight is 265 g/mol. The van der Waals surface area contributed by atoms with E-state index in [-0.39, 0.29) is 94.1 Å². The second-order valence-electron chi connectivity index (χ2n) is 1.54. The fourth-order valence-corrected chi connectivity index (χ4v) is 0.374. The van der Waals surface area contributed by atoms with Gasteiger partial charge in [-0.05, 0) is 0 Å². The van der Waals surface area contributed by atoms with Crippen LogP contribution in [0.25, 0.3) is 0 Å². The molecule has 79 valence electrons. The van der Waals surface area contributed by atoms with Gasteiger partial charge < -0.3 is 15.3 Å². The van der Waals surface area contributed by atoms with Gasteiger partial charge in [0.1, 0.15) is 6.42 Å². The smallest absolute Gasteiger partial charge is 0.449 e. The summed E-state index contributed by atoms with van der Waals surface area (Å²) < 4.78 is 3.59. The topological polar surface area (TPSA) is 131 Å².